The highest BCUT2D eigenvalue weighted by atomic mass is 16.7. The minimum atomic E-state index is -1.01. The van der Waals surface area contributed by atoms with Crippen LogP contribution in [0.4, 0.5) is 0 Å². The number of methoxy groups -OCH3 is 1. The van der Waals surface area contributed by atoms with E-state index >= 15 is 0 Å². The van der Waals surface area contributed by atoms with Crippen LogP contribution in [-0.2, 0) is 4.74 Å². The second-order valence-corrected chi connectivity index (χ2v) is 7.39. The third kappa shape index (κ3) is 2.42. The van der Waals surface area contributed by atoms with Crippen LogP contribution >= 0.6 is 0 Å². The Hall–Kier alpha value is -3.58. The van der Waals surface area contributed by atoms with Gasteiger partial charge in [-0.05, 0) is 37.1 Å². The van der Waals surface area contributed by atoms with Crippen molar-refractivity contribution in [2.24, 2.45) is 0 Å². The standard InChI is InChI=1S/C23H18O7/c1-10-6-4-8-12-17(24)15(21(25)28-18(10)12)14-16-20(30-23(14)27-3)13-9-5-7-11(2)19(13)29-22(16)26/h4-9,14,23-24H,1-3H3. The lowest BCUT2D eigenvalue weighted by Crippen LogP contribution is -2.28. The molecule has 152 valence electrons. The lowest BCUT2D eigenvalue weighted by molar-refractivity contribution is -0.0472. The van der Waals surface area contributed by atoms with E-state index in [-0.39, 0.29) is 28.2 Å². The van der Waals surface area contributed by atoms with Gasteiger partial charge < -0.3 is 23.4 Å². The van der Waals surface area contributed by atoms with Gasteiger partial charge >= 0.3 is 11.3 Å². The molecule has 0 spiro atoms. The SMILES string of the molecule is COC1Oc2c(c(=O)oc3c(C)cccc23)C1c1c(O)c2cccc(C)c2oc1=O. The van der Waals surface area contributed by atoms with E-state index in [0.717, 1.165) is 5.56 Å². The molecule has 5 rings (SSSR count). The highest BCUT2D eigenvalue weighted by Crippen LogP contribution is 2.47. The minimum absolute atomic E-state index is 0.0991. The molecule has 2 unspecified atom stereocenters. The van der Waals surface area contributed by atoms with Crippen LogP contribution in [-0.4, -0.2) is 18.5 Å². The van der Waals surface area contributed by atoms with Gasteiger partial charge in [0.25, 0.3) is 0 Å². The minimum Gasteiger partial charge on any atom is -0.507 e. The molecular formula is C23H18O7. The van der Waals surface area contributed by atoms with Crippen molar-refractivity contribution in [1.82, 2.24) is 0 Å². The molecule has 2 aromatic heterocycles. The van der Waals surface area contributed by atoms with E-state index in [4.69, 9.17) is 18.3 Å². The Kier molecular flexibility index (Phi) is 3.98. The summed E-state index contributed by atoms with van der Waals surface area (Å²) in [7, 11) is 1.41. The molecule has 1 aliphatic heterocycles. The molecule has 0 bridgehead atoms. The van der Waals surface area contributed by atoms with Crippen LogP contribution in [0.2, 0.25) is 0 Å². The Morgan fingerprint density at radius 1 is 0.867 bits per heavy atom. The van der Waals surface area contributed by atoms with Gasteiger partial charge in [0.15, 0.2) is 0 Å². The molecule has 1 aliphatic rings. The predicted octanol–water partition coefficient (Wildman–Crippen LogP) is 3.72. The van der Waals surface area contributed by atoms with Crippen molar-refractivity contribution >= 4 is 21.9 Å². The Morgan fingerprint density at radius 2 is 1.43 bits per heavy atom. The Bertz CT molecular complexity index is 1440. The topological polar surface area (TPSA) is 99.1 Å². The lowest BCUT2D eigenvalue weighted by atomic mass is 9.91. The number of hydrogen-bond donors (Lipinski definition) is 1. The molecule has 0 aliphatic carbocycles. The van der Waals surface area contributed by atoms with Gasteiger partial charge in [-0.25, -0.2) is 9.59 Å². The van der Waals surface area contributed by atoms with Crippen molar-refractivity contribution < 1.29 is 23.4 Å². The van der Waals surface area contributed by atoms with Crippen molar-refractivity contribution in [2.75, 3.05) is 7.11 Å². The number of rotatable bonds is 2. The Morgan fingerprint density at radius 3 is 2.07 bits per heavy atom. The Balaban J connectivity index is 1.86. The summed E-state index contributed by atoms with van der Waals surface area (Å²) >= 11 is 0. The predicted molar refractivity (Wildman–Crippen MR) is 109 cm³/mol. The van der Waals surface area contributed by atoms with Gasteiger partial charge in [-0.1, -0.05) is 24.3 Å². The molecule has 0 saturated heterocycles. The first kappa shape index (κ1) is 18.4. The molecule has 2 aromatic carbocycles. The van der Waals surface area contributed by atoms with E-state index in [9.17, 15) is 14.7 Å². The quantitative estimate of drug-likeness (QED) is 0.507. The van der Waals surface area contributed by atoms with Crippen molar-refractivity contribution in [3.05, 3.63) is 79.5 Å². The lowest BCUT2D eigenvalue weighted by Gasteiger charge is -2.18. The maximum atomic E-state index is 12.9. The van der Waals surface area contributed by atoms with E-state index in [1.54, 1.807) is 31.2 Å². The van der Waals surface area contributed by atoms with E-state index in [1.807, 2.05) is 19.1 Å². The highest BCUT2D eigenvalue weighted by molar-refractivity contribution is 5.89. The molecular weight excluding hydrogens is 388 g/mol. The molecule has 4 aromatic rings. The monoisotopic (exact) mass is 406 g/mol. The molecule has 0 saturated carbocycles. The summed E-state index contributed by atoms with van der Waals surface area (Å²) in [5, 5.41) is 12.0. The van der Waals surface area contributed by atoms with E-state index in [1.165, 1.54) is 7.11 Å². The fourth-order valence-electron chi connectivity index (χ4n) is 4.17. The zero-order valence-electron chi connectivity index (χ0n) is 16.5. The number of ether oxygens (including phenoxy) is 2. The third-order valence-electron chi connectivity index (χ3n) is 5.61. The number of benzene rings is 2. The van der Waals surface area contributed by atoms with Crippen LogP contribution in [0.5, 0.6) is 11.5 Å². The van der Waals surface area contributed by atoms with Crippen LogP contribution in [0, 0.1) is 13.8 Å². The van der Waals surface area contributed by atoms with Crippen LogP contribution in [0.1, 0.15) is 28.2 Å². The second-order valence-electron chi connectivity index (χ2n) is 7.39. The van der Waals surface area contributed by atoms with Crippen LogP contribution in [0.15, 0.2) is 54.8 Å². The summed E-state index contributed by atoms with van der Waals surface area (Å²) < 4.78 is 22.5. The largest absolute Gasteiger partial charge is 0.507 e. The highest BCUT2D eigenvalue weighted by Gasteiger charge is 2.44. The van der Waals surface area contributed by atoms with Gasteiger partial charge in [0.1, 0.15) is 22.7 Å². The maximum absolute atomic E-state index is 12.9. The summed E-state index contributed by atoms with van der Waals surface area (Å²) in [4.78, 5) is 25.9. The zero-order valence-corrected chi connectivity index (χ0v) is 16.5. The normalized spacial score (nSPS) is 18.0. The van der Waals surface area contributed by atoms with Gasteiger partial charge in [-0.3, -0.25) is 0 Å². The van der Waals surface area contributed by atoms with Gasteiger partial charge in [-0.15, -0.1) is 0 Å². The van der Waals surface area contributed by atoms with E-state index < -0.39 is 23.5 Å². The summed E-state index contributed by atoms with van der Waals surface area (Å²) in [5.41, 5.74) is 0.782. The van der Waals surface area contributed by atoms with E-state index in [0.29, 0.717) is 21.9 Å². The first-order valence-electron chi connectivity index (χ1n) is 9.43. The maximum Gasteiger partial charge on any atom is 0.344 e. The Labute approximate surface area is 170 Å². The molecule has 30 heavy (non-hydrogen) atoms. The van der Waals surface area contributed by atoms with E-state index in [2.05, 4.69) is 0 Å². The molecule has 2 atom stereocenters. The first-order valence-corrected chi connectivity index (χ1v) is 9.43. The molecule has 7 nitrogen and oxygen atoms in total. The summed E-state index contributed by atoms with van der Waals surface area (Å²) in [6.07, 6.45) is -1.01. The molecule has 3 heterocycles. The fourth-order valence-corrected chi connectivity index (χ4v) is 4.17. The van der Waals surface area contributed by atoms with Crippen LogP contribution in [0.3, 0.4) is 0 Å². The molecule has 0 fully saturated rings. The average molecular weight is 406 g/mol. The van der Waals surface area contributed by atoms with Crippen LogP contribution < -0.4 is 16.0 Å². The average Bonchev–Trinajstić information content (AvgIpc) is 3.10. The third-order valence-corrected chi connectivity index (χ3v) is 5.61. The van der Waals surface area contributed by atoms with Crippen molar-refractivity contribution in [3.8, 4) is 11.5 Å². The van der Waals surface area contributed by atoms with Gasteiger partial charge in [0.2, 0.25) is 6.29 Å². The zero-order chi connectivity index (χ0) is 21.2. The summed E-state index contributed by atoms with van der Waals surface area (Å²) in [5.74, 6) is -0.991. The van der Waals surface area contributed by atoms with Gasteiger partial charge in [0, 0.05) is 7.11 Å². The molecule has 7 heteroatoms. The second kappa shape index (κ2) is 6.47. The van der Waals surface area contributed by atoms with Crippen molar-refractivity contribution in [1.29, 1.82) is 0 Å². The number of para-hydroxylation sites is 2. The number of fused-ring (bicyclic) bond motifs is 4. The van der Waals surface area contributed by atoms with Gasteiger partial charge in [0.05, 0.1) is 27.8 Å². The van der Waals surface area contributed by atoms with Crippen molar-refractivity contribution in [3.63, 3.8) is 0 Å². The van der Waals surface area contributed by atoms with Crippen molar-refractivity contribution in [2.45, 2.75) is 26.1 Å². The fraction of sp³-hybridized carbons (Fsp3) is 0.217. The molecule has 0 amide bonds. The smallest absolute Gasteiger partial charge is 0.344 e. The molecule has 1 N–H and O–H groups in total. The summed E-state index contributed by atoms with van der Waals surface area (Å²) in [6.45, 7) is 3.60. The first-order chi connectivity index (χ1) is 14.4. The number of hydrogen-bond acceptors (Lipinski definition) is 7. The number of aryl methyl sites for hydroxylation is 2. The number of aromatic hydroxyl groups is 1. The van der Waals surface area contributed by atoms with Crippen LogP contribution in [0.25, 0.3) is 21.9 Å². The summed E-state index contributed by atoms with van der Waals surface area (Å²) in [6, 6.07) is 10.6. The van der Waals surface area contributed by atoms with Gasteiger partial charge in [-0.2, -0.15) is 0 Å². The molecule has 0 radical (unpaired) electrons.